The molecule has 1 heterocycles. The molecule has 2 rings (SSSR count). The van der Waals surface area contributed by atoms with Crippen molar-refractivity contribution in [3.8, 4) is 0 Å². The predicted molar refractivity (Wildman–Crippen MR) is 86.3 cm³/mol. The van der Waals surface area contributed by atoms with Gasteiger partial charge in [0.1, 0.15) is 11.3 Å². The van der Waals surface area contributed by atoms with Gasteiger partial charge in [0.25, 0.3) is 0 Å². The topological polar surface area (TPSA) is 25.2 Å². The van der Waals surface area contributed by atoms with Crippen LogP contribution in [0.3, 0.4) is 0 Å². The van der Waals surface area contributed by atoms with Crippen LogP contribution in [0.1, 0.15) is 45.9 Å². The molecule has 0 saturated carbocycles. The molecule has 0 amide bonds. The molecule has 0 bridgehead atoms. The van der Waals surface area contributed by atoms with Crippen LogP contribution in [0.5, 0.6) is 0 Å². The number of furan rings is 1. The van der Waals surface area contributed by atoms with E-state index in [-0.39, 0.29) is 6.04 Å². The molecule has 110 valence electrons. The molecule has 2 atom stereocenters. The third-order valence-corrected chi connectivity index (χ3v) is 4.49. The summed E-state index contributed by atoms with van der Waals surface area (Å²) in [6.07, 6.45) is 1.05. The summed E-state index contributed by atoms with van der Waals surface area (Å²) in [7, 11) is 1.99. The van der Waals surface area contributed by atoms with Crippen LogP contribution in [0.4, 0.5) is 0 Å². The predicted octanol–water partition coefficient (Wildman–Crippen LogP) is 5.42. The highest BCUT2D eigenvalue weighted by Gasteiger charge is 2.25. The maximum atomic E-state index is 6.03. The van der Waals surface area contributed by atoms with E-state index in [9.17, 15) is 0 Å². The first kappa shape index (κ1) is 15.4. The summed E-state index contributed by atoms with van der Waals surface area (Å²) in [5.41, 5.74) is 1.19. The monoisotopic (exact) mass is 293 g/mol. The summed E-state index contributed by atoms with van der Waals surface area (Å²) >= 11 is 6.03. The third-order valence-electron chi connectivity index (χ3n) is 4.26. The summed E-state index contributed by atoms with van der Waals surface area (Å²) < 4.78 is 5.97. The van der Waals surface area contributed by atoms with Crippen molar-refractivity contribution in [2.24, 2.45) is 11.3 Å². The number of halogens is 1. The Kier molecular flexibility index (Phi) is 4.46. The minimum absolute atomic E-state index is 0.232. The molecular weight excluding hydrogens is 270 g/mol. The molecule has 0 saturated heterocycles. The van der Waals surface area contributed by atoms with Gasteiger partial charge in [-0.3, -0.25) is 0 Å². The third kappa shape index (κ3) is 3.36. The summed E-state index contributed by atoms with van der Waals surface area (Å²) in [6.45, 7) is 9.14. The van der Waals surface area contributed by atoms with Crippen LogP contribution < -0.4 is 5.32 Å². The van der Waals surface area contributed by atoms with E-state index in [4.69, 9.17) is 16.0 Å². The van der Waals surface area contributed by atoms with Crippen LogP contribution in [-0.2, 0) is 0 Å². The average molecular weight is 294 g/mol. The van der Waals surface area contributed by atoms with Gasteiger partial charge in [-0.2, -0.15) is 0 Å². The number of fused-ring (bicyclic) bond motifs is 1. The lowest BCUT2D eigenvalue weighted by Gasteiger charge is -2.30. The van der Waals surface area contributed by atoms with Crippen LogP contribution in [0, 0.1) is 11.3 Å². The number of hydrogen-bond acceptors (Lipinski definition) is 2. The van der Waals surface area contributed by atoms with Gasteiger partial charge in [0.15, 0.2) is 0 Å². The molecular formula is C17H24ClNO. The van der Waals surface area contributed by atoms with Gasteiger partial charge >= 0.3 is 0 Å². The molecule has 1 aromatic carbocycles. The van der Waals surface area contributed by atoms with E-state index in [2.05, 4.69) is 39.1 Å². The van der Waals surface area contributed by atoms with Crippen molar-refractivity contribution < 1.29 is 4.42 Å². The number of benzene rings is 1. The van der Waals surface area contributed by atoms with Crippen molar-refractivity contribution in [1.82, 2.24) is 5.32 Å². The van der Waals surface area contributed by atoms with Crippen molar-refractivity contribution in [3.63, 3.8) is 0 Å². The molecule has 1 N–H and O–H groups in total. The normalized spacial score (nSPS) is 15.5. The molecule has 2 nitrogen and oxygen atoms in total. The van der Waals surface area contributed by atoms with E-state index in [1.807, 2.05) is 25.2 Å². The fourth-order valence-corrected chi connectivity index (χ4v) is 2.47. The Morgan fingerprint density at radius 1 is 1.25 bits per heavy atom. The van der Waals surface area contributed by atoms with Gasteiger partial charge in [-0.1, -0.05) is 39.3 Å². The van der Waals surface area contributed by atoms with Crippen LogP contribution >= 0.6 is 11.6 Å². The second kappa shape index (κ2) is 5.79. The van der Waals surface area contributed by atoms with Crippen LogP contribution in [0.2, 0.25) is 5.02 Å². The Hall–Kier alpha value is -0.990. The quantitative estimate of drug-likeness (QED) is 0.814. The van der Waals surface area contributed by atoms with E-state index >= 15 is 0 Å². The first-order valence-corrected chi connectivity index (χ1v) is 7.55. The zero-order valence-electron chi connectivity index (χ0n) is 13.0. The molecule has 20 heavy (non-hydrogen) atoms. The maximum Gasteiger partial charge on any atom is 0.134 e. The number of hydrogen-bond donors (Lipinski definition) is 1. The maximum absolute atomic E-state index is 6.03. The van der Waals surface area contributed by atoms with Crippen molar-refractivity contribution in [2.75, 3.05) is 7.05 Å². The van der Waals surface area contributed by atoms with E-state index < -0.39 is 0 Å². The standard InChI is InChI=1S/C17H24ClNO/c1-11(17(2,3)4)8-14(19-5)16-10-12-9-13(18)6-7-15(12)20-16/h6-7,9-11,14,19H,8H2,1-5H3. The van der Waals surface area contributed by atoms with Crippen molar-refractivity contribution >= 4 is 22.6 Å². The second-order valence-electron chi connectivity index (χ2n) is 6.67. The minimum Gasteiger partial charge on any atom is -0.459 e. The Morgan fingerprint density at radius 3 is 2.55 bits per heavy atom. The molecule has 0 radical (unpaired) electrons. The molecule has 1 aromatic heterocycles. The number of nitrogens with one attached hydrogen (secondary N) is 1. The van der Waals surface area contributed by atoms with Crippen LogP contribution in [0.25, 0.3) is 11.0 Å². The Morgan fingerprint density at radius 2 is 1.95 bits per heavy atom. The molecule has 2 aromatic rings. The SMILES string of the molecule is CNC(CC(C)C(C)(C)C)c1cc2cc(Cl)ccc2o1. The first-order chi connectivity index (χ1) is 9.31. The van der Waals surface area contributed by atoms with Gasteiger partial charge < -0.3 is 9.73 Å². The molecule has 3 heteroatoms. The van der Waals surface area contributed by atoms with Gasteiger partial charge in [0.2, 0.25) is 0 Å². The molecule has 0 fully saturated rings. The Labute approximate surface area is 126 Å². The summed E-state index contributed by atoms with van der Waals surface area (Å²) in [5.74, 6) is 1.58. The highest BCUT2D eigenvalue weighted by atomic mass is 35.5. The Balaban J connectivity index is 2.25. The van der Waals surface area contributed by atoms with Crippen molar-refractivity contribution in [2.45, 2.75) is 40.2 Å². The van der Waals surface area contributed by atoms with E-state index in [0.29, 0.717) is 11.3 Å². The van der Waals surface area contributed by atoms with Gasteiger partial charge in [-0.25, -0.2) is 0 Å². The Bertz CT molecular complexity index is 582. The second-order valence-corrected chi connectivity index (χ2v) is 7.11. The van der Waals surface area contributed by atoms with Gasteiger partial charge in [-0.05, 0) is 49.1 Å². The lowest BCUT2D eigenvalue weighted by molar-refractivity contribution is 0.218. The van der Waals surface area contributed by atoms with E-state index in [1.165, 1.54) is 0 Å². The number of rotatable bonds is 4. The van der Waals surface area contributed by atoms with Gasteiger partial charge in [0, 0.05) is 10.4 Å². The molecule has 2 unspecified atom stereocenters. The van der Waals surface area contributed by atoms with E-state index in [0.717, 1.165) is 28.2 Å². The highest BCUT2D eigenvalue weighted by molar-refractivity contribution is 6.31. The molecule has 0 aliphatic heterocycles. The van der Waals surface area contributed by atoms with Gasteiger partial charge in [-0.15, -0.1) is 0 Å². The summed E-state index contributed by atoms with van der Waals surface area (Å²) in [5, 5.41) is 5.18. The first-order valence-electron chi connectivity index (χ1n) is 7.17. The largest absolute Gasteiger partial charge is 0.459 e. The molecule has 0 aliphatic rings. The van der Waals surface area contributed by atoms with Crippen molar-refractivity contribution in [3.05, 3.63) is 35.0 Å². The molecule has 0 aliphatic carbocycles. The lowest BCUT2D eigenvalue weighted by atomic mass is 9.78. The van der Waals surface area contributed by atoms with Gasteiger partial charge in [0.05, 0.1) is 6.04 Å². The molecule has 0 spiro atoms. The van der Waals surface area contributed by atoms with E-state index in [1.54, 1.807) is 0 Å². The zero-order valence-corrected chi connectivity index (χ0v) is 13.7. The van der Waals surface area contributed by atoms with Crippen LogP contribution in [-0.4, -0.2) is 7.05 Å². The van der Waals surface area contributed by atoms with Crippen LogP contribution in [0.15, 0.2) is 28.7 Å². The summed E-state index contributed by atoms with van der Waals surface area (Å²) in [6, 6.07) is 8.07. The summed E-state index contributed by atoms with van der Waals surface area (Å²) in [4.78, 5) is 0. The fourth-order valence-electron chi connectivity index (χ4n) is 2.29. The average Bonchev–Trinajstić information content (AvgIpc) is 2.76. The smallest absolute Gasteiger partial charge is 0.134 e. The zero-order chi connectivity index (χ0) is 14.9. The lowest BCUT2D eigenvalue weighted by Crippen LogP contribution is -2.25. The van der Waals surface area contributed by atoms with Crippen molar-refractivity contribution in [1.29, 1.82) is 0 Å². The highest BCUT2D eigenvalue weighted by Crippen LogP contribution is 2.35. The minimum atomic E-state index is 0.232. The fraction of sp³-hybridized carbons (Fsp3) is 0.529.